The summed E-state index contributed by atoms with van der Waals surface area (Å²) >= 11 is 0. The number of imidazole rings is 1. The van der Waals surface area contributed by atoms with E-state index in [0.717, 1.165) is 17.3 Å². The zero-order valence-corrected chi connectivity index (χ0v) is 16.4. The highest BCUT2D eigenvalue weighted by Gasteiger charge is 2.08. The Kier molecular flexibility index (Phi) is 5.33. The molecule has 9 nitrogen and oxygen atoms in total. The highest BCUT2D eigenvalue weighted by molar-refractivity contribution is 6.04. The molecule has 0 atom stereocenters. The number of methoxy groups -OCH3 is 1. The number of pyridine rings is 1. The molecule has 4 aromatic rings. The van der Waals surface area contributed by atoms with Gasteiger partial charge < -0.3 is 15.4 Å². The SMILES string of the molecule is COc1ccc(C(=O)Nc2ccc(Nc3cc(-n4ccnc4C)ncn3)cc2)cn1. The predicted octanol–water partition coefficient (Wildman–Crippen LogP) is 3.37. The van der Waals surface area contributed by atoms with Crippen molar-refractivity contribution in [3.63, 3.8) is 0 Å². The summed E-state index contributed by atoms with van der Waals surface area (Å²) in [6.45, 7) is 1.91. The van der Waals surface area contributed by atoms with E-state index in [-0.39, 0.29) is 5.91 Å². The van der Waals surface area contributed by atoms with E-state index in [1.54, 1.807) is 30.5 Å². The first-order valence-corrected chi connectivity index (χ1v) is 9.13. The van der Waals surface area contributed by atoms with Crippen molar-refractivity contribution in [1.29, 1.82) is 0 Å². The first-order valence-electron chi connectivity index (χ1n) is 9.13. The average molecular weight is 401 g/mol. The number of hydrogen-bond donors (Lipinski definition) is 2. The molecule has 0 radical (unpaired) electrons. The number of hydrogen-bond acceptors (Lipinski definition) is 7. The van der Waals surface area contributed by atoms with E-state index >= 15 is 0 Å². The van der Waals surface area contributed by atoms with E-state index in [9.17, 15) is 4.79 Å². The summed E-state index contributed by atoms with van der Waals surface area (Å²) in [4.78, 5) is 29.1. The number of nitrogens with one attached hydrogen (secondary N) is 2. The summed E-state index contributed by atoms with van der Waals surface area (Å²) in [5.74, 6) is 2.42. The Bertz CT molecular complexity index is 1150. The van der Waals surface area contributed by atoms with Gasteiger partial charge in [-0.15, -0.1) is 0 Å². The molecule has 0 unspecified atom stereocenters. The lowest BCUT2D eigenvalue weighted by Crippen LogP contribution is -2.12. The van der Waals surface area contributed by atoms with Gasteiger partial charge in [0.2, 0.25) is 5.88 Å². The van der Waals surface area contributed by atoms with Gasteiger partial charge in [-0.25, -0.2) is 19.9 Å². The van der Waals surface area contributed by atoms with Crippen LogP contribution in [0.25, 0.3) is 5.82 Å². The number of aromatic nitrogens is 5. The van der Waals surface area contributed by atoms with Gasteiger partial charge in [-0.05, 0) is 37.3 Å². The largest absolute Gasteiger partial charge is 0.481 e. The number of benzene rings is 1. The van der Waals surface area contributed by atoms with Gasteiger partial charge in [0, 0.05) is 42.1 Å². The first-order chi connectivity index (χ1) is 14.6. The Balaban J connectivity index is 1.42. The normalized spacial score (nSPS) is 10.5. The van der Waals surface area contributed by atoms with Gasteiger partial charge in [0.1, 0.15) is 23.8 Å². The second-order valence-corrected chi connectivity index (χ2v) is 6.35. The second-order valence-electron chi connectivity index (χ2n) is 6.35. The minimum Gasteiger partial charge on any atom is -0.481 e. The maximum atomic E-state index is 12.3. The number of anilines is 3. The molecule has 3 heterocycles. The van der Waals surface area contributed by atoms with Crippen LogP contribution in [0.15, 0.2) is 67.4 Å². The molecule has 0 aliphatic rings. The summed E-state index contributed by atoms with van der Waals surface area (Å²) in [5, 5.41) is 6.07. The van der Waals surface area contributed by atoms with Crippen LogP contribution in [0.2, 0.25) is 0 Å². The molecule has 0 aliphatic heterocycles. The fraction of sp³-hybridized carbons (Fsp3) is 0.0952. The van der Waals surface area contributed by atoms with E-state index in [1.165, 1.54) is 19.6 Å². The number of carbonyl (C=O) groups excluding carboxylic acids is 1. The minimum atomic E-state index is -0.248. The van der Waals surface area contributed by atoms with Gasteiger partial charge in [0.05, 0.1) is 12.7 Å². The van der Waals surface area contributed by atoms with Gasteiger partial charge >= 0.3 is 0 Å². The molecule has 150 valence electrons. The monoisotopic (exact) mass is 401 g/mol. The van der Waals surface area contributed by atoms with Crippen LogP contribution in [-0.2, 0) is 0 Å². The third-order valence-corrected chi connectivity index (χ3v) is 4.35. The summed E-state index contributed by atoms with van der Waals surface area (Å²) in [7, 11) is 1.53. The van der Waals surface area contributed by atoms with Crippen molar-refractivity contribution in [2.24, 2.45) is 0 Å². The Morgan fingerprint density at radius 2 is 1.80 bits per heavy atom. The molecule has 0 bridgehead atoms. The Hall–Kier alpha value is -4.27. The number of nitrogens with zero attached hydrogens (tertiary/aromatic N) is 5. The molecule has 30 heavy (non-hydrogen) atoms. The maximum absolute atomic E-state index is 12.3. The summed E-state index contributed by atoms with van der Waals surface area (Å²) in [6.07, 6.45) is 6.53. The number of carbonyl (C=O) groups is 1. The minimum absolute atomic E-state index is 0.248. The van der Waals surface area contributed by atoms with E-state index in [2.05, 4.69) is 30.6 Å². The lowest BCUT2D eigenvalue weighted by Gasteiger charge is -2.10. The van der Waals surface area contributed by atoms with Gasteiger partial charge in [0.15, 0.2) is 0 Å². The van der Waals surface area contributed by atoms with Gasteiger partial charge in [-0.1, -0.05) is 0 Å². The van der Waals surface area contributed by atoms with Crippen LogP contribution in [0.4, 0.5) is 17.2 Å². The molecular weight excluding hydrogens is 382 g/mol. The predicted molar refractivity (Wildman–Crippen MR) is 112 cm³/mol. The van der Waals surface area contributed by atoms with E-state index in [0.29, 0.717) is 22.9 Å². The van der Waals surface area contributed by atoms with E-state index < -0.39 is 0 Å². The van der Waals surface area contributed by atoms with Crippen molar-refractivity contribution in [2.45, 2.75) is 6.92 Å². The average Bonchev–Trinajstić information content (AvgIpc) is 3.21. The molecule has 0 fully saturated rings. The van der Waals surface area contributed by atoms with E-state index in [4.69, 9.17) is 4.74 Å². The van der Waals surface area contributed by atoms with Crippen molar-refractivity contribution >= 4 is 23.1 Å². The Labute approximate surface area is 172 Å². The Morgan fingerprint density at radius 3 is 2.47 bits per heavy atom. The van der Waals surface area contributed by atoms with E-state index in [1.807, 2.05) is 35.9 Å². The van der Waals surface area contributed by atoms with Crippen LogP contribution in [0.5, 0.6) is 5.88 Å². The molecule has 0 saturated heterocycles. The van der Waals surface area contributed by atoms with Crippen molar-refractivity contribution in [2.75, 3.05) is 17.7 Å². The maximum Gasteiger partial charge on any atom is 0.257 e. The molecule has 0 spiro atoms. The fourth-order valence-electron chi connectivity index (χ4n) is 2.79. The third kappa shape index (κ3) is 4.25. The van der Waals surface area contributed by atoms with Gasteiger partial charge in [-0.2, -0.15) is 0 Å². The number of ether oxygens (including phenoxy) is 1. The lowest BCUT2D eigenvalue weighted by atomic mass is 10.2. The van der Waals surface area contributed by atoms with Crippen molar-refractivity contribution in [1.82, 2.24) is 24.5 Å². The van der Waals surface area contributed by atoms with Crippen LogP contribution < -0.4 is 15.4 Å². The van der Waals surface area contributed by atoms with Crippen LogP contribution in [0, 0.1) is 6.92 Å². The van der Waals surface area contributed by atoms with Crippen LogP contribution in [-0.4, -0.2) is 37.5 Å². The van der Waals surface area contributed by atoms with Crippen LogP contribution in [0.3, 0.4) is 0 Å². The Morgan fingerprint density at radius 1 is 1.00 bits per heavy atom. The van der Waals surface area contributed by atoms with Crippen LogP contribution >= 0.6 is 0 Å². The number of amides is 1. The van der Waals surface area contributed by atoms with Crippen molar-refractivity contribution in [3.8, 4) is 11.7 Å². The number of rotatable bonds is 6. The zero-order chi connectivity index (χ0) is 20.9. The van der Waals surface area contributed by atoms with Crippen molar-refractivity contribution in [3.05, 3.63) is 78.8 Å². The quantitative estimate of drug-likeness (QED) is 0.510. The van der Waals surface area contributed by atoms with Gasteiger partial charge in [-0.3, -0.25) is 9.36 Å². The summed E-state index contributed by atoms with van der Waals surface area (Å²) < 4.78 is 6.87. The highest BCUT2D eigenvalue weighted by Crippen LogP contribution is 2.19. The first kappa shape index (κ1) is 19.1. The topological polar surface area (TPSA) is 107 Å². The molecule has 1 amide bonds. The molecule has 2 N–H and O–H groups in total. The van der Waals surface area contributed by atoms with Crippen molar-refractivity contribution < 1.29 is 9.53 Å². The summed E-state index contributed by atoms with van der Waals surface area (Å²) in [5.41, 5.74) is 1.94. The third-order valence-electron chi connectivity index (χ3n) is 4.35. The highest BCUT2D eigenvalue weighted by atomic mass is 16.5. The standard InChI is InChI=1S/C21H19N7O2/c1-14-22-9-10-28(14)19-11-18(24-13-25-19)26-16-4-6-17(7-5-16)27-21(29)15-3-8-20(30-2)23-12-15/h3-13H,1-2H3,(H,27,29)(H,24,25,26). The molecule has 0 saturated carbocycles. The smallest absolute Gasteiger partial charge is 0.257 e. The molecule has 3 aromatic heterocycles. The molecule has 9 heteroatoms. The zero-order valence-electron chi connectivity index (χ0n) is 16.4. The lowest BCUT2D eigenvalue weighted by molar-refractivity contribution is 0.102. The summed E-state index contributed by atoms with van der Waals surface area (Å²) in [6, 6.07) is 12.5. The molecule has 4 rings (SSSR count). The second kappa shape index (κ2) is 8.39. The molecular formula is C21H19N7O2. The fourth-order valence-corrected chi connectivity index (χ4v) is 2.79. The van der Waals surface area contributed by atoms with Gasteiger partial charge in [0.25, 0.3) is 5.91 Å². The molecule has 1 aromatic carbocycles. The number of aryl methyl sites for hydroxylation is 1. The van der Waals surface area contributed by atoms with Crippen LogP contribution in [0.1, 0.15) is 16.2 Å². The molecule has 0 aliphatic carbocycles.